The van der Waals surface area contributed by atoms with Crippen LogP contribution < -0.4 is 5.73 Å². The third-order valence-corrected chi connectivity index (χ3v) is 7.36. The van der Waals surface area contributed by atoms with E-state index in [0.717, 1.165) is 6.07 Å². The Morgan fingerprint density at radius 1 is 1.15 bits per heavy atom. The third-order valence-electron chi connectivity index (χ3n) is 7.16. The highest BCUT2D eigenvalue weighted by molar-refractivity contribution is 6.68. The monoisotopic (exact) mass is 476 g/mol. The fourth-order valence-electron chi connectivity index (χ4n) is 5.79. The number of carbonyl (C=O) groups is 6. The number of hydrogen-bond donors (Lipinski definition) is 3. The first-order valence-electron chi connectivity index (χ1n) is 10.2. The van der Waals surface area contributed by atoms with Gasteiger partial charge in [-0.15, -0.1) is 0 Å². The average Bonchev–Trinajstić information content (AvgIpc) is 2.70. The summed E-state index contributed by atoms with van der Waals surface area (Å²) in [6.07, 6.45) is -0.122. The molecule has 0 bridgehead atoms. The number of benzene rings is 1. The molecule has 174 valence electrons. The fraction of sp³-hybridized carbons (Fsp3) is 0.455. The summed E-state index contributed by atoms with van der Waals surface area (Å²) in [5.41, 5.74) is 2.37. The molecule has 4 rings (SSSR count). The number of Topliss-reactive ketones (excluding diaryl/α,β-unsaturated/α-hetero) is 4. The van der Waals surface area contributed by atoms with Gasteiger partial charge in [-0.3, -0.25) is 33.7 Å². The number of likely N-dealkylation sites (N-methyl/N-ethyl adjacent to an activating group) is 1. The number of halogens is 1. The first kappa shape index (κ1) is 23.2. The molecule has 11 heteroatoms. The first-order valence-corrected chi connectivity index (χ1v) is 10.6. The highest BCUT2D eigenvalue weighted by Gasteiger charge is 2.69. The van der Waals surface area contributed by atoms with Crippen molar-refractivity contribution in [1.29, 1.82) is 0 Å². The summed E-state index contributed by atoms with van der Waals surface area (Å²) < 4.78 is 0. The molecule has 2 unspecified atom stereocenters. The number of phenolic OH excluding ortho intramolecular Hbond substituents is 1. The number of phenols is 1. The Bertz CT molecular complexity index is 1160. The van der Waals surface area contributed by atoms with Gasteiger partial charge in [0.25, 0.3) is 5.24 Å². The Kier molecular flexibility index (Phi) is 5.31. The number of primary amides is 1. The maximum absolute atomic E-state index is 13.6. The summed E-state index contributed by atoms with van der Waals surface area (Å²) in [5.74, 6) is -11.5. The molecule has 4 N–H and O–H groups in total. The number of fused-ring (bicyclic) bond motifs is 3. The van der Waals surface area contributed by atoms with Crippen molar-refractivity contribution in [3.05, 3.63) is 28.8 Å². The number of amides is 1. The number of nitrogens with two attached hydrogens (primary N) is 1. The van der Waals surface area contributed by atoms with Crippen LogP contribution in [0.5, 0.6) is 5.75 Å². The third kappa shape index (κ3) is 3.01. The van der Waals surface area contributed by atoms with Crippen molar-refractivity contribution in [2.75, 3.05) is 14.1 Å². The number of ketones is 4. The molecular formula is C22H21ClN2O8. The van der Waals surface area contributed by atoms with E-state index in [1.807, 2.05) is 0 Å². The van der Waals surface area contributed by atoms with Crippen molar-refractivity contribution in [1.82, 2.24) is 4.90 Å². The maximum atomic E-state index is 13.6. The Morgan fingerprint density at radius 3 is 2.33 bits per heavy atom. The zero-order valence-electron chi connectivity index (χ0n) is 17.7. The number of nitrogens with zero attached hydrogens (tertiary/aromatic N) is 1. The molecule has 0 aliphatic heterocycles. The van der Waals surface area contributed by atoms with Crippen LogP contribution >= 0.6 is 11.6 Å². The number of aromatic hydroxyl groups is 1. The molecule has 1 aromatic rings. The maximum Gasteiger partial charge on any atom is 0.252 e. The molecule has 1 amide bonds. The van der Waals surface area contributed by atoms with E-state index in [1.165, 1.54) is 25.1 Å². The minimum Gasteiger partial charge on any atom is -0.507 e. The van der Waals surface area contributed by atoms with Crippen LogP contribution in [0.2, 0.25) is 0 Å². The minimum absolute atomic E-state index is 0.00157. The van der Waals surface area contributed by atoms with E-state index in [0.29, 0.717) is 0 Å². The topological polar surface area (TPSA) is 172 Å². The van der Waals surface area contributed by atoms with Gasteiger partial charge in [-0.05, 0) is 62.2 Å². The van der Waals surface area contributed by atoms with Gasteiger partial charge in [-0.25, -0.2) is 0 Å². The molecule has 3 aliphatic carbocycles. The average molecular weight is 477 g/mol. The van der Waals surface area contributed by atoms with E-state index in [4.69, 9.17) is 17.3 Å². The van der Waals surface area contributed by atoms with Crippen molar-refractivity contribution < 1.29 is 39.0 Å². The number of carbonyl (C=O) groups excluding carboxylic acids is 6. The van der Waals surface area contributed by atoms with Crippen LogP contribution in [0.4, 0.5) is 0 Å². The van der Waals surface area contributed by atoms with Gasteiger partial charge in [0.05, 0.1) is 17.5 Å². The van der Waals surface area contributed by atoms with E-state index in [1.54, 1.807) is 0 Å². The predicted molar refractivity (Wildman–Crippen MR) is 112 cm³/mol. The van der Waals surface area contributed by atoms with Gasteiger partial charge < -0.3 is 15.9 Å². The zero-order chi connectivity index (χ0) is 24.6. The molecule has 0 spiro atoms. The Hall–Kier alpha value is -2.95. The molecule has 0 saturated heterocycles. The van der Waals surface area contributed by atoms with Gasteiger partial charge in [0.15, 0.2) is 34.7 Å². The Labute approximate surface area is 192 Å². The predicted octanol–water partition coefficient (Wildman–Crippen LogP) is -0.754. The zero-order valence-corrected chi connectivity index (χ0v) is 18.5. The molecule has 6 atom stereocenters. The number of hydrogen-bond acceptors (Lipinski definition) is 9. The number of aliphatic hydroxyl groups is 1. The molecule has 0 heterocycles. The van der Waals surface area contributed by atoms with Crippen LogP contribution in [0.1, 0.15) is 32.7 Å². The van der Waals surface area contributed by atoms with E-state index >= 15 is 0 Å². The van der Waals surface area contributed by atoms with Crippen molar-refractivity contribution in [3.8, 4) is 5.75 Å². The van der Waals surface area contributed by atoms with Crippen LogP contribution in [0.3, 0.4) is 0 Å². The van der Waals surface area contributed by atoms with E-state index in [-0.39, 0.29) is 29.5 Å². The molecule has 3 aliphatic rings. The van der Waals surface area contributed by atoms with Gasteiger partial charge in [-0.1, -0.05) is 0 Å². The summed E-state index contributed by atoms with van der Waals surface area (Å²) in [5, 5.41) is 20.9. The molecule has 1 aromatic carbocycles. The van der Waals surface area contributed by atoms with Gasteiger partial charge in [-0.2, -0.15) is 0 Å². The number of rotatable bonds is 3. The van der Waals surface area contributed by atoms with Crippen LogP contribution in [0.15, 0.2) is 12.1 Å². The van der Waals surface area contributed by atoms with Crippen LogP contribution in [-0.2, 0) is 25.6 Å². The van der Waals surface area contributed by atoms with Crippen molar-refractivity contribution in [3.63, 3.8) is 0 Å². The lowest BCUT2D eigenvalue weighted by Crippen LogP contribution is -2.74. The second kappa shape index (κ2) is 7.54. The smallest absolute Gasteiger partial charge is 0.252 e. The summed E-state index contributed by atoms with van der Waals surface area (Å²) in [6.45, 7) is 0. The highest BCUT2D eigenvalue weighted by atomic mass is 35.5. The lowest BCUT2D eigenvalue weighted by atomic mass is 9.52. The molecule has 10 nitrogen and oxygen atoms in total. The summed E-state index contributed by atoms with van der Waals surface area (Å²) in [7, 11) is 2.99. The van der Waals surface area contributed by atoms with Gasteiger partial charge in [0.1, 0.15) is 5.75 Å². The second-order valence-corrected chi connectivity index (χ2v) is 9.39. The summed E-state index contributed by atoms with van der Waals surface area (Å²) in [4.78, 5) is 78.2. The highest BCUT2D eigenvalue weighted by Crippen LogP contribution is 2.51. The van der Waals surface area contributed by atoms with Crippen LogP contribution in [0, 0.1) is 23.7 Å². The SMILES string of the molecule is CN(C)[C@@H]1C(=O)C(C(N)=O)C(=O)[C@@]2(O)C(=O)C3C(=O)c4c(O)ccc(C(=O)Cl)c4C[C@H]3C[C@@H]12. The molecule has 2 saturated carbocycles. The van der Waals surface area contributed by atoms with Crippen LogP contribution in [-0.4, -0.2) is 75.1 Å². The first-order chi connectivity index (χ1) is 15.3. The van der Waals surface area contributed by atoms with Gasteiger partial charge in [0, 0.05) is 11.5 Å². The largest absolute Gasteiger partial charge is 0.507 e. The lowest BCUT2D eigenvalue weighted by molar-refractivity contribution is -0.181. The van der Waals surface area contributed by atoms with Crippen molar-refractivity contribution in [2.45, 2.75) is 24.5 Å². The van der Waals surface area contributed by atoms with Crippen molar-refractivity contribution in [2.24, 2.45) is 29.4 Å². The van der Waals surface area contributed by atoms with E-state index in [2.05, 4.69) is 0 Å². The Morgan fingerprint density at radius 2 is 1.79 bits per heavy atom. The normalized spacial score (nSPS) is 33.4. The standard InChI is InChI=1S/C22H21ClN2O8/c1-25(2)15-10-6-7-5-9-8(20(23)31)3-4-11(26)13(9)16(27)12(7)18(29)22(10,33)19(30)14(17(15)28)21(24)32/h3-4,7,10,12,14-15,26,33H,5-6H2,1-2H3,(H2,24,32)/t7-,10-,12?,14?,15-,22-/m0/s1. The molecule has 0 radical (unpaired) electrons. The summed E-state index contributed by atoms with van der Waals surface area (Å²) in [6, 6.07) is 1.18. The molecule has 33 heavy (non-hydrogen) atoms. The molecular weight excluding hydrogens is 456 g/mol. The van der Waals surface area contributed by atoms with Gasteiger partial charge in [0.2, 0.25) is 5.91 Å². The van der Waals surface area contributed by atoms with Crippen LogP contribution in [0.25, 0.3) is 0 Å². The van der Waals surface area contributed by atoms with Crippen molar-refractivity contribution >= 4 is 45.9 Å². The van der Waals surface area contributed by atoms with E-state index < -0.39 is 75.3 Å². The molecule has 2 fully saturated rings. The summed E-state index contributed by atoms with van der Waals surface area (Å²) >= 11 is 5.65. The van der Waals surface area contributed by atoms with Gasteiger partial charge >= 0.3 is 0 Å². The quantitative estimate of drug-likeness (QED) is 0.374. The minimum atomic E-state index is -2.79. The van der Waals surface area contributed by atoms with E-state index in [9.17, 15) is 39.0 Å². The molecule has 0 aromatic heterocycles. The Balaban J connectivity index is 1.90. The fourth-order valence-corrected chi connectivity index (χ4v) is 5.97. The lowest BCUT2D eigenvalue weighted by Gasteiger charge is -2.52. The second-order valence-electron chi connectivity index (χ2n) is 9.05.